The zero-order valence-electron chi connectivity index (χ0n) is 11.1. The first kappa shape index (κ1) is 13.7. The van der Waals surface area contributed by atoms with E-state index in [1.165, 1.54) is 22.8 Å². The van der Waals surface area contributed by atoms with Crippen molar-refractivity contribution >= 4 is 29.6 Å². The van der Waals surface area contributed by atoms with Crippen LogP contribution in [0.2, 0.25) is 0 Å². The number of aryl methyl sites for hydroxylation is 1. The third-order valence-electron chi connectivity index (χ3n) is 2.87. The Morgan fingerprint density at radius 1 is 1.26 bits per heavy atom. The molecule has 2 nitrogen and oxygen atoms in total. The highest BCUT2D eigenvalue weighted by molar-refractivity contribution is 7.84. The van der Waals surface area contributed by atoms with E-state index in [2.05, 4.69) is 73.1 Å². The van der Waals surface area contributed by atoms with E-state index in [1.807, 2.05) is 0 Å². The molecule has 0 heterocycles. The number of benzene rings is 2. The molecule has 0 aromatic heterocycles. The predicted octanol–water partition coefficient (Wildman–Crippen LogP) is 4.12. The highest BCUT2D eigenvalue weighted by atomic mass is 32.1. The molecule has 0 amide bonds. The smallest absolute Gasteiger partial charge is 0.0789 e. The fourth-order valence-corrected chi connectivity index (χ4v) is 2.08. The molecule has 1 N–H and O–H groups in total. The first-order valence-corrected chi connectivity index (χ1v) is 6.83. The molecule has 0 saturated carbocycles. The first-order valence-electron chi connectivity index (χ1n) is 6.38. The number of nitrogens with one attached hydrogen (secondary N) is 1. The minimum atomic E-state index is 0.529. The summed E-state index contributed by atoms with van der Waals surface area (Å²) in [6.07, 6.45) is 4.07. The van der Waals surface area contributed by atoms with Gasteiger partial charge in [-0.05, 0) is 34.4 Å². The van der Waals surface area contributed by atoms with Crippen LogP contribution in [0.1, 0.15) is 24.5 Å². The van der Waals surface area contributed by atoms with Crippen LogP contribution in [-0.2, 0) is 6.42 Å². The lowest BCUT2D eigenvalue weighted by molar-refractivity contribution is 0.924. The lowest BCUT2D eigenvalue weighted by atomic mass is 10.0. The van der Waals surface area contributed by atoms with Crippen molar-refractivity contribution in [1.29, 1.82) is 0 Å². The summed E-state index contributed by atoms with van der Waals surface area (Å²) >= 11 is 4.02. The summed E-state index contributed by atoms with van der Waals surface area (Å²) in [5, 5.41) is 7.08. The van der Waals surface area contributed by atoms with Crippen LogP contribution in [0.25, 0.3) is 10.8 Å². The Hall–Kier alpha value is -1.74. The van der Waals surface area contributed by atoms with Crippen molar-refractivity contribution in [3.05, 3.63) is 59.1 Å². The maximum absolute atomic E-state index is 4.04. The summed E-state index contributed by atoms with van der Waals surface area (Å²) in [5.41, 5.74) is 5.15. The fraction of sp³-hybridized carbons (Fsp3) is 0.188. The van der Waals surface area contributed by atoms with E-state index in [0.717, 1.165) is 12.0 Å². The lowest BCUT2D eigenvalue weighted by Gasteiger charge is -2.03. The highest BCUT2D eigenvalue weighted by Crippen LogP contribution is 2.18. The molecular weight excluding hydrogens is 252 g/mol. The fourth-order valence-electron chi connectivity index (χ4n) is 2.02. The van der Waals surface area contributed by atoms with Crippen LogP contribution >= 0.6 is 12.6 Å². The van der Waals surface area contributed by atoms with Gasteiger partial charge in [-0.15, -0.1) is 12.6 Å². The molecule has 19 heavy (non-hydrogen) atoms. The van der Waals surface area contributed by atoms with Crippen molar-refractivity contribution in [1.82, 2.24) is 5.43 Å². The van der Waals surface area contributed by atoms with Crippen LogP contribution in [0.15, 0.2) is 53.1 Å². The van der Waals surface area contributed by atoms with Crippen LogP contribution in [0.4, 0.5) is 0 Å². The van der Waals surface area contributed by atoms with Gasteiger partial charge in [0, 0.05) is 0 Å². The molecule has 0 unspecified atom stereocenters. The zero-order valence-corrected chi connectivity index (χ0v) is 12.0. The number of hydrogen-bond donors (Lipinski definition) is 2. The van der Waals surface area contributed by atoms with E-state index < -0.39 is 0 Å². The molecule has 0 radical (unpaired) electrons. The van der Waals surface area contributed by atoms with Crippen LogP contribution < -0.4 is 5.43 Å². The minimum absolute atomic E-state index is 0.529. The average molecular weight is 270 g/mol. The Bertz CT molecular complexity index is 617. The molecule has 0 aliphatic heterocycles. The van der Waals surface area contributed by atoms with Gasteiger partial charge in [0.1, 0.15) is 0 Å². The number of fused-ring (bicyclic) bond motifs is 1. The Morgan fingerprint density at radius 2 is 2.00 bits per heavy atom. The Morgan fingerprint density at radius 3 is 2.74 bits per heavy atom. The Kier molecular flexibility index (Phi) is 4.63. The third-order valence-corrected chi connectivity index (χ3v) is 2.97. The van der Waals surface area contributed by atoms with Crippen molar-refractivity contribution in [2.75, 3.05) is 0 Å². The molecule has 98 valence electrons. The van der Waals surface area contributed by atoms with E-state index in [1.54, 1.807) is 6.21 Å². The molecule has 0 atom stereocenters. The van der Waals surface area contributed by atoms with E-state index >= 15 is 0 Å². The second kappa shape index (κ2) is 6.43. The summed E-state index contributed by atoms with van der Waals surface area (Å²) in [6, 6.07) is 12.9. The third kappa shape index (κ3) is 3.86. The van der Waals surface area contributed by atoms with Crippen LogP contribution in [0, 0.1) is 0 Å². The summed E-state index contributed by atoms with van der Waals surface area (Å²) in [7, 11) is 0. The summed E-state index contributed by atoms with van der Waals surface area (Å²) in [4.78, 5) is 0. The number of hydrogen-bond acceptors (Lipinski definition) is 3. The van der Waals surface area contributed by atoms with Crippen molar-refractivity contribution in [2.45, 2.75) is 19.8 Å². The maximum Gasteiger partial charge on any atom is 0.0789 e. The number of thiol groups is 1. The van der Waals surface area contributed by atoms with Crippen molar-refractivity contribution < 1.29 is 0 Å². The molecule has 0 saturated heterocycles. The van der Waals surface area contributed by atoms with E-state index in [9.17, 15) is 0 Å². The van der Waals surface area contributed by atoms with Crippen LogP contribution in [-0.4, -0.2) is 6.21 Å². The molecular formula is C16H18N2S. The average Bonchev–Trinajstić information content (AvgIpc) is 2.39. The van der Waals surface area contributed by atoms with Gasteiger partial charge in [-0.2, -0.15) is 5.10 Å². The summed E-state index contributed by atoms with van der Waals surface area (Å²) < 4.78 is 0. The molecule has 0 aliphatic carbocycles. The van der Waals surface area contributed by atoms with Crippen molar-refractivity contribution in [2.24, 2.45) is 5.10 Å². The predicted molar refractivity (Wildman–Crippen MR) is 86.8 cm³/mol. The number of nitrogens with zero attached hydrogens (tertiary/aromatic N) is 1. The molecule has 2 rings (SSSR count). The molecule has 2 aromatic carbocycles. The zero-order chi connectivity index (χ0) is 13.7. The van der Waals surface area contributed by atoms with Gasteiger partial charge in [0.15, 0.2) is 0 Å². The minimum Gasteiger partial charge on any atom is -0.273 e. The van der Waals surface area contributed by atoms with Crippen LogP contribution in [0.3, 0.4) is 0 Å². The van der Waals surface area contributed by atoms with Gasteiger partial charge in [-0.25, -0.2) is 0 Å². The second-order valence-corrected chi connectivity index (χ2v) is 5.05. The Labute approximate surface area is 119 Å². The quantitative estimate of drug-likeness (QED) is 0.477. The highest BCUT2D eigenvalue weighted by Gasteiger charge is 1.97. The number of rotatable bonds is 5. The first-order chi connectivity index (χ1) is 9.19. The van der Waals surface area contributed by atoms with Crippen molar-refractivity contribution in [3.63, 3.8) is 0 Å². The van der Waals surface area contributed by atoms with E-state index in [4.69, 9.17) is 0 Å². The molecule has 2 aromatic rings. The maximum atomic E-state index is 4.04. The largest absolute Gasteiger partial charge is 0.273 e. The molecule has 0 spiro atoms. The standard InChI is InChI=1S/C16H18N2S/c1-3-4-13-5-7-16-10-14(6-8-15(16)9-13)11-17-18-12(2)19/h5-11,18-19H,2-4H2,1H3/b17-11+. The van der Waals surface area contributed by atoms with Gasteiger partial charge in [0.25, 0.3) is 0 Å². The Balaban J connectivity index is 2.23. The van der Waals surface area contributed by atoms with Gasteiger partial charge >= 0.3 is 0 Å². The second-order valence-electron chi connectivity index (χ2n) is 4.51. The lowest BCUT2D eigenvalue weighted by Crippen LogP contribution is -1.98. The van der Waals surface area contributed by atoms with Gasteiger partial charge in [-0.1, -0.05) is 50.3 Å². The normalized spacial score (nSPS) is 11.1. The van der Waals surface area contributed by atoms with Gasteiger partial charge in [0.2, 0.25) is 0 Å². The van der Waals surface area contributed by atoms with Gasteiger partial charge < -0.3 is 0 Å². The van der Waals surface area contributed by atoms with E-state index in [-0.39, 0.29) is 0 Å². The molecule has 0 fully saturated rings. The molecule has 0 aliphatic rings. The van der Waals surface area contributed by atoms with Crippen LogP contribution in [0.5, 0.6) is 0 Å². The monoisotopic (exact) mass is 270 g/mol. The summed E-state index contributed by atoms with van der Waals surface area (Å²) in [5.74, 6) is 0. The summed E-state index contributed by atoms with van der Waals surface area (Å²) in [6.45, 7) is 5.80. The SMILES string of the molecule is C=C(S)N/N=C/c1ccc2cc(CCC)ccc2c1. The molecule has 3 heteroatoms. The number of hydrazone groups is 1. The van der Waals surface area contributed by atoms with Crippen molar-refractivity contribution in [3.8, 4) is 0 Å². The van der Waals surface area contributed by atoms with Gasteiger partial charge in [-0.3, -0.25) is 5.43 Å². The topological polar surface area (TPSA) is 24.4 Å². The van der Waals surface area contributed by atoms with Gasteiger partial charge in [0.05, 0.1) is 11.2 Å². The van der Waals surface area contributed by atoms with E-state index in [0.29, 0.717) is 5.03 Å². The molecule has 0 bridgehead atoms.